The predicted octanol–water partition coefficient (Wildman–Crippen LogP) is 3.30. The molecule has 100 valence electrons. The molecule has 18 heavy (non-hydrogen) atoms. The standard InChI is InChI=1S/C13H17F2NOS/c1-2-8-18-9-7-16-10-11-3-5-12(6-4-11)17-13(14)15/h2-6,13,16H,1,7-10H2. The van der Waals surface area contributed by atoms with Crippen LogP contribution in [0.2, 0.25) is 0 Å². The Hall–Kier alpha value is -1.07. The number of nitrogens with one attached hydrogen (secondary N) is 1. The lowest BCUT2D eigenvalue weighted by atomic mass is 10.2. The lowest BCUT2D eigenvalue weighted by molar-refractivity contribution is -0.0498. The lowest BCUT2D eigenvalue weighted by Gasteiger charge is -2.07. The van der Waals surface area contributed by atoms with Crippen LogP contribution in [-0.2, 0) is 6.54 Å². The first-order chi connectivity index (χ1) is 8.72. The van der Waals surface area contributed by atoms with Crippen LogP contribution in [0.25, 0.3) is 0 Å². The van der Waals surface area contributed by atoms with Gasteiger partial charge in [0.2, 0.25) is 0 Å². The highest BCUT2D eigenvalue weighted by molar-refractivity contribution is 7.99. The molecule has 1 aromatic carbocycles. The number of hydrogen-bond donors (Lipinski definition) is 1. The fraction of sp³-hybridized carbons (Fsp3) is 0.385. The summed E-state index contributed by atoms with van der Waals surface area (Å²) >= 11 is 1.81. The van der Waals surface area contributed by atoms with E-state index in [9.17, 15) is 8.78 Å². The summed E-state index contributed by atoms with van der Waals surface area (Å²) in [6, 6.07) is 6.66. The Labute approximate surface area is 110 Å². The van der Waals surface area contributed by atoms with Gasteiger partial charge in [0.25, 0.3) is 0 Å². The molecule has 1 rings (SSSR count). The first-order valence-electron chi connectivity index (χ1n) is 5.65. The van der Waals surface area contributed by atoms with Gasteiger partial charge in [0.15, 0.2) is 0 Å². The first kappa shape index (κ1) is 15.0. The van der Waals surface area contributed by atoms with Gasteiger partial charge >= 0.3 is 6.61 Å². The Kier molecular flexibility index (Phi) is 7.44. The van der Waals surface area contributed by atoms with Gasteiger partial charge in [0.1, 0.15) is 5.75 Å². The summed E-state index contributed by atoms with van der Waals surface area (Å²) in [5, 5.41) is 3.28. The molecular weight excluding hydrogens is 256 g/mol. The van der Waals surface area contributed by atoms with E-state index in [-0.39, 0.29) is 5.75 Å². The van der Waals surface area contributed by atoms with E-state index in [1.807, 2.05) is 17.8 Å². The first-order valence-corrected chi connectivity index (χ1v) is 6.81. The van der Waals surface area contributed by atoms with Crippen molar-refractivity contribution in [2.45, 2.75) is 13.2 Å². The van der Waals surface area contributed by atoms with Gasteiger partial charge in [-0.3, -0.25) is 0 Å². The average Bonchev–Trinajstić information content (AvgIpc) is 2.35. The van der Waals surface area contributed by atoms with E-state index in [4.69, 9.17) is 0 Å². The molecule has 5 heteroatoms. The van der Waals surface area contributed by atoms with Crippen LogP contribution in [0.5, 0.6) is 5.75 Å². The van der Waals surface area contributed by atoms with E-state index in [0.29, 0.717) is 0 Å². The molecule has 0 aliphatic carbocycles. The molecule has 0 saturated heterocycles. The number of hydrogen-bond acceptors (Lipinski definition) is 3. The van der Waals surface area contributed by atoms with Crippen LogP contribution in [0.3, 0.4) is 0 Å². The third-order valence-electron chi connectivity index (χ3n) is 2.14. The second-order valence-electron chi connectivity index (χ2n) is 3.56. The van der Waals surface area contributed by atoms with Crippen molar-refractivity contribution in [3.05, 3.63) is 42.5 Å². The largest absolute Gasteiger partial charge is 0.435 e. The summed E-state index contributed by atoms with van der Waals surface area (Å²) in [6.45, 7) is 2.52. The van der Waals surface area contributed by atoms with E-state index >= 15 is 0 Å². The zero-order valence-electron chi connectivity index (χ0n) is 10.1. The van der Waals surface area contributed by atoms with Gasteiger partial charge in [-0.05, 0) is 17.7 Å². The van der Waals surface area contributed by atoms with Crippen molar-refractivity contribution in [2.24, 2.45) is 0 Å². The molecule has 0 spiro atoms. The summed E-state index contributed by atoms with van der Waals surface area (Å²) < 4.78 is 28.1. The minimum atomic E-state index is -2.77. The van der Waals surface area contributed by atoms with Gasteiger partial charge in [-0.25, -0.2) is 0 Å². The Bertz CT molecular complexity index is 343. The van der Waals surface area contributed by atoms with Gasteiger partial charge in [-0.2, -0.15) is 20.5 Å². The molecule has 0 fully saturated rings. The maximum atomic E-state index is 11.9. The van der Waals surface area contributed by atoms with Crippen LogP contribution in [0.4, 0.5) is 8.78 Å². The third-order valence-corrected chi connectivity index (χ3v) is 3.10. The molecule has 0 heterocycles. The van der Waals surface area contributed by atoms with Crippen molar-refractivity contribution >= 4 is 11.8 Å². The highest BCUT2D eigenvalue weighted by Gasteiger charge is 2.03. The maximum absolute atomic E-state index is 11.9. The van der Waals surface area contributed by atoms with Gasteiger partial charge < -0.3 is 10.1 Å². The van der Waals surface area contributed by atoms with Crippen LogP contribution < -0.4 is 10.1 Å². The number of alkyl halides is 2. The van der Waals surface area contributed by atoms with Crippen LogP contribution in [0, 0.1) is 0 Å². The summed E-state index contributed by atoms with van der Waals surface area (Å²) in [6.07, 6.45) is 1.88. The summed E-state index contributed by atoms with van der Waals surface area (Å²) in [5.41, 5.74) is 1.05. The molecule has 0 aromatic heterocycles. The zero-order valence-corrected chi connectivity index (χ0v) is 10.9. The SMILES string of the molecule is C=CCSCCNCc1ccc(OC(F)F)cc1. The van der Waals surface area contributed by atoms with Gasteiger partial charge in [0.05, 0.1) is 0 Å². The topological polar surface area (TPSA) is 21.3 Å². The van der Waals surface area contributed by atoms with Crippen molar-refractivity contribution < 1.29 is 13.5 Å². The molecule has 0 radical (unpaired) electrons. The molecule has 0 saturated carbocycles. The molecule has 0 aliphatic rings. The predicted molar refractivity (Wildman–Crippen MR) is 72.3 cm³/mol. The zero-order chi connectivity index (χ0) is 13.2. The maximum Gasteiger partial charge on any atom is 0.387 e. The molecule has 0 amide bonds. The Balaban J connectivity index is 2.20. The van der Waals surface area contributed by atoms with E-state index in [1.54, 1.807) is 24.3 Å². The molecular formula is C13H17F2NOS. The Morgan fingerprint density at radius 1 is 1.33 bits per heavy atom. The van der Waals surface area contributed by atoms with Crippen molar-refractivity contribution in [2.75, 3.05) is 18.1 Å². The van der Waals surface area contributed by atoms with Crippen LogP contribution in [0.1, 0.15) is 5.56 Å². The third kappa shape index (κ3) is 6.61. The lowest BCUT2D eigenvalue weighted by Crippen LogP contribution is -2.16. The molecule has 1 aromatic rings. The van der Waals surface area contributed by atoms with Crippen LogP contribution >= 0.6 is 11.8 Å². The second kappa shape index (κ2) is 8.94. The summed E-state index contributed by atoms with van der Waals surface area (Å²) in [5.74, 6) is 2.18. The van der Waals surface area contributed by atoms with Crippen molar-refractivity contribution in [1.82, 2.24) is 5.32 Å². The second-order valence-corrected chi connectivity index (χ2v) is 4.71. The number of thioether (sulfide) groups is 1. The average molecular weight is 273 g/mol. The molecule has 2 nitrogen and oxygen atoms in total. The summed E-state index contributed by atoms with van der Waals surface area (Å²) in [4.78, 5) is 0. The quantitative estimate of drug-likeness (QED) is 0.551. The van der Waals surface area contributed by atoms with E-state index in [1.165, 1.54) is 0 Å². The Morgan fingerprint density at radius 3 is 2.67 bits per heavy atom. The Morgan fingerprint density at radius 2 is 2.06 bits per heavy atom. The molecule has 0 aliphatic heterocycles. The van der Waals surface area contributed by atoms with Gasteiger partial charge in [0, 0.05) is 24.6 Å². The smallest absolute Gasteiger partial charge is 0.387 e. The molecule has 1 N–H and O–H groups in total. The van der Waals surface area contributed by atoms with Gasteiger partial charge in [-0.15, -0.1) is 6.58 Å². The fourth-order valence-electron chi connectivity index (χ4n) is 1.33. The van der Waals surface area contributed by atoms with Crippen molar-refractivity contribution in [3.63, 3.8) is 0 Å². The van der Waals surface area contributed by atoms with Crippen molar-refractivity contribution in [3.8, 4) is 5.75 Å². The molecule has 0 atom stereocenters. The number of rotatable bonds is 9. The monoisotopic (exact) mass is 273 g/mol. The minimum absolute atomic E-state index is 0.190. The van der Waals surface area contributed by atoms with Gasteiger partial charge in [-0.1, -0.05) is 18.2 Å². The van der Waals surface area contributed by atoms with Crippen LogP contribution in [0.15, 0.2) is 36.9 Å². The van der Waals surface area contributed by atoms with Crippen molar-refractivity contribution in [1.29, 1.82) is 0 Å². The number of ether oxygens (including phenoxy) is 1. The van der Waals surface area contributed by atoms with E-state index in [0.717, 1.165) is 30.2 Å². The normalized spacial score (nSPS) is 10.6. The van der Waals surface area contributed by atoms with E-state index in [2.05, 4.69) is 16.6 Å². The fourth-order valence-corrected chi connectivity index (χ4v) is 1.95. The minimum Gasteiger partial charge on any atom is -0.435 e. The molecule has 0 unspecified atom stereocenters. The molecule has 0 bridgehead atoms. The highest BCUT2D eigenvalue weighted by Crippen LogP contribution is 2.14. The highest BCUT2D eigenvalue weighted by atomic mass is 32.2. The summed E-state index contributed by atoms with van der Waals surface area (Å²) in [7, 11) is 0. The number of benzene rings is 1. The van der Waals surface area contributed by atoms with E-state index < -0.39 is 6.61 Å². The number of halogens is 2. The van der Waals surface area contributed by atoms with Crippen LogP contribution in [-0.4, -0.2) is 24.7 Å².